The third-order valence-corrected chi connectivity index (χ3v) is 3.07. The van der Waals surface area contributed by atoms with Crippen molar-refractivity contribution in [1.82, 2.24) is 10.3 Å². The van der Waals surface area contributed by atoms with Crippen LogP contribution in [0.15, 0.2) is 24.3 Å². The molecule has 0 atom stereocenters. The number of carbonyl (C=O) groups is 2. The molecule has 0 saturated carbocycles. The van der Waals surface area contributed by atoms with Gasteiger partial charge in [-0.3, -0.25) is 14.6 Å². The fraction of sp³-hybridized carbons (Fsp3) is 0.267. The topological polar surface area (TPSA) is 85.1 Å². The van der Waals surface area contributed by atoms with Crippen LogP contribution in [0.1, 0.15) is 28.0 Å². The maximum atomic E-state index is 12.2. The number of carbonyl (C=O) groups excluding carboxylic acids is 2. The van der Waals surface area contributed by atoms with Crippen LogP contribution in [0.5, 0.6) is 0 Å². The quantitative estimate of drug-likeness (QED) is 0.882. The van der Waals surface area contributed by atoms with Gasteiger partial charge >= 0.3 is 0 Å². The minimum Gasteiger partial charge on any atom is -0.370 e. The Kier molecular flexibility index (Phi) is 3.98. The molecule has 2 rings (SSSR count). The van der Waals surface area contributed by atoms with E-state index in [9.17, 15) is 9.59 Å². The van der Waals surface area contributed by atoms with Crippen molar-refractivity contribution < 1.29 is 9.59 Å². The second-order valence-corrected chi connectivity index (χ2v) is 4.75. The van der Waals surface area contributed by atoms with E-state index in [1.807, 2.05) is 32.0 Å². The molecule has 1 heterocycles. The molecule has 0 aliphatic carbocycles. The molecule has 0 radical (unpaired) electrons. The van der Waals surface area contributed by atoms with Crippen LogP contribution in [0.3, 0.4) is 0 Å². The summed E-state index contributed by atoms with van der Waals surface area (Å²) in [7, 11) is 0. The molecule has 0 saturated heterocycles. The summed E-state index contributed by atoms with van der Waals surface area (Å²) < 4.78 is 0. The minimum absolute atomic E-state index is 0.132. The zero-order chi connectivity index (χ0) is 14.7. The third kappa shape index (κ3) is 2.93. The molecule has 1 aromatic carbocycles. The first-order chi connectivity index (χ1) is 9.49. The number of nitrogens with zero attached hydrogens (tertiary/aromatic N) is 1. The van der Waals surface area contributed by atoms with E-state index in [2.05, 4.69) is 10.3 Å². The van der Waals surface area contributed by atoms with Crippen molar-refractivity contribution in [3.8, 4) is 0 Å². The molecule has 20 heavy (non-hydrogen) atoms. The number of aryl methyl sites for hydroxylation is 2. The second kappa shape index (κ2) is 5.69. The number of hydrogen-bond acceptors (Lipinski definition) is 3. The Bertz CT molecular complexity index is 680. The van der Waals surface area contributed by atoms with E-state index in [-0.39, 0.29) is 18.9 Å². The van der Waals surface area contributed by atoms with Gasteiger partial charge in [0.05, 0.1) is 11.1 Å². The van der Waals surface area contributed by atoms with Crippen molar-refractivity contribution in [3.05, 3.63) is 41.1 Å². The van der Waals surface area contributed by atoms with Gasteiger partial charge in [0, 0.05) is 24.0 Å². The number of nitrogens with two attached hydrogens (primary N) is 1. The molecule has 2 aromatic rings. The van der Waals surface area contributed by atoms with Crippen LogP contribution in [0.2, 0.25) is 0 Å². The van der Waals surface area contributed by atoms with Crippen molar-refractivity contribution in [3.63, 3.8) is 0 Å². The molecule has 0 unspecified atom stereocenters. The Labute approximate surface area is 117 Å². The van der Waals surface area contributed by atoms with Gasteiger partial charge in [0.25, 0.3) is 5.91 Å². The summed E-state index contributed by atoms with van der Waals surface area (Å²) in [5, 5.41) is 3.51. The summed E-state index contributed by atoms with van der Waals surface area (Å²) in [5.41, 5.74) is 8.26. The van der Waals surface area contributed by atoms with Crippen LogP contribution >= 0.6 is 0 Å². The van der Waals surface area contributed by atoms with E-state index in [1.54, 1.807) is 6.07 Å². The first kappa shape index (κ1) is 14.0. The van der Waals surface area contributed by atoms with Gasteiger partial charge in [-0.2, -0.15) is 0 Å². The lowest BCUT2D eigenvalue weighted by Crippen LogP contribution is -2.28. The highest BCUT2D eigenvalue weighted by Crippen LogP contribution is 2.21. The standard InChI is InChI=1S/C15H17N3O2/c1-9-4-3-5-11-12(8-10(2)18-14(9)11)15(20)17-7-6-13(16)19/h3-5,8H,6-7H2,1-2H3,(H2,16,19)(H,17,20). The first-order valence-corrected chi connectivity index (χ1v) is 6.42. The fourth-order valence-corrected chi connectivity index (χ4v) is 2.10. The van der Waals surface area contributed by atoms with E-state index >= 15 is 0 Å². The summed E-state index contributed by atoms with van der Waals surface area (Å²) in [6, 6.07) is 7.48. The van der Waals surface area contributed by atoms with Crippen molar-refractivity contribution in [1.29, 1.82) is 0 Å². The van der Waals surface area contributed by atoms with Crippen LogP contribution < -0.4 is 11.1 Å². The summed E-state index contributed by atoms with van der Waals surface area (Å²) >= 11 is 0. The van der Waals surface area contributed by atoms with Crippen molar-refractivity contribution in [2.75, 3.05) is 6.54 Å². The lowest BCUT2D eigenvalue weighted by molar-refractivity contribution is -0.117. The summed E-state index contributed by atoms with van der Waals surface area (Å²) in [5.74, 6) is -0.649. The molecule has 5 nitrogen and oxygen atoms in total. The number of fused-ring (bicyclic) bond motifs is 1. The highest BCUT2D eigenvalue weighted by Gasteiger charge is 2.12. The Morgan fingerprint density at radius 1 is 1.30 bits per heavy atom. The number of nitrogens with one attached hydrogen (secondary N) is 1. The van der Waals surface area contributed by atoms with Crippen molar-refractivity contribution in [2.24, 2.45) is 5.73 Å². The minimum atomic E-state index is -0.433. The number of para-hydroxylation sites is 1. The Morgan fingerprint density at radius 2 is 2.05 bits per heavy atom. The molecule has 5 heteroatoms. The third-order valence-electron chi connectivity index (χ3n) is 3.07. The number of hydrogen-bond donors (Lipinski definition) is 2. The van der Waals surface area contributed by atoms with Gasteiger partial charge in [0.2, 0.25) is 5.91 Å². The van der Waals surface area contributed by atoms with E-state index in [4.69, 9.17) is 5.73 Å². The second-order valence-electron chi connectivity index (χ2n) is 4.75. The number of benzene rings is 1. The lowest BCUT2D eigenvalue weighted by atomic mass is 10.0. The predicted molar refractivity (Wildman–Crippen MR) is 77.4 cm³/mol. The van der Waals surface area contributed by atoms with Crippen LogP contribution in [-0.4, -0.2) is 23.3 Å². The lowest BCUT2D eigenvalue weighted by Gasteiger charge is -2.10. The summed E-state index contributed by atoms with van der Waals surface area (Å²) in [6.45, 7) is 4.05. The smallest absolute Gasteiger partial charge is 0.252 e. The molecule has 0 aliphatic rings. The number of aromatic nitrogens is 1. The normalized spacial score (nSPS) is 10.5. The van der Waals surface area contributed by atoms with Gasteiger partial charge in [-0.1, -0.05) is 18.2 Å². The molecule has 0 spiro atoms. The first-order valence-electron chi connectivity index (χ1n) is 6.42. The van der Waals surface area contributed by atoms with Gasteiger partial charge in [-0.15, -0.1) is 0 Å². The molecule has 1 aromatic heterocycles. The zero-order valence-corrected chi connectivity index (χ0v) is 11.6. The molecular formula is C15H17N3O2. The Balaban J connectivity index is 2.36. The number of pyridine rings is 1. The average Bonchev–Trinajstić information content (AvgIpc) is 2.38. The van der Waals surface area contributed by atoms with Gasteiger partial charge in [-0.25, -0.2) is 0 Å². The molecule has 0 aliphatic heterocycles. The average molecular weight is 271 g/mol. The number of amides is 2. The monoisotopic (exact) mass is 271 g/mol. The predicted octanol–water partition coefficient (Wildman–Crippen LogP) is 1.46. The van der Waals surface area contributed by atoms with Crippen LogP contribution in [-0.2, 0) is 4.79 Å². The molecular weight excluding hydrogens is 254 g/mol. The van der Waals surface area contributed by atoms with Crippen LogP contribution in [0.25, 0.3) is 10.9 Å². The van der Waals surface area contributed by atoms with Gasteiger partial charge in [0.1, 0.15) is 0 Å². The number of primary amides is 1. The highest BCUT2D eigenvalue weighted by atomic mass is 16.2. The summed E-state index contributed by atoms with van der Waals surface area (Å²) in [6.07, 6.45) is 0.132. The highest BCUT2D eigenvalue weighted by molar-refractivity contribution is 6.06. The van der Waals surface area contributed by atoms with Crippen LogP contribution in [0, 0.1) is 13.8 Å². The van der Waals surface area contributed by atoms with Gasteiger partial charge in [0.15, 0.2) is 0 Å². The Morgan fingerprint density at radius 3 is 2.75 bits per heavy atom. The maximum Gasteiger partial charge on any atom is 0.252 e. The number of rotatable bonds is 4. The van der Waals surface area contributed by atoms with Crippen LogP contribution in [0.4, 0.5) is 0 Å². The van der Waals surface area contributed by atoms with Crippen molar-refractivity contribution in [2.45, 2.75) is 20.3 Å². The molecule has 0 fully saturated rings. The van der Waals surface area contributed by atoms with Gasteiger partial charge < -0.3 is 11.1 Å². The van der Waals surface area contributed by atoms with E-state index in [1.165, 1.54) is 0 Å². The summed E-state index contributed by atoms with van der Waals surface area (Å²) in [4.78, 5) is 27.4. The van der Waals surface area contributed by atoms with Gasteiger partial charge in [-0.05, 0) is 25.5 Å². The van der Waals surface area contributed by atoms with E-state index < -0.39 is 5.91 Å². The fourth-order valence-electron chi connectivity index (χ4n) is 2.10. The molecule has 104 valence electrons. The SMILES string of the molecule is Cc1cc(C(=O)NCCC(N)=O)c2cccc(C)c2n1. The molecule has 0 bridgehead atoms. The van der Waals surface area contributed by atoms with E-state index in [0.29, 0.717) is 5.56 Å². The molecule has 3 N–H and O–H groups in total. The van der Waals surface area contributed by atoms with E-state index in [0.717, 1.165) is 22.2 Å². The maximum absolute atomic E-state index is 12.2. The van der Waals surface area contributed by atoms with Crippen molar-refractivity contribution >= 4 is 22.7 Å². The molecule has 2 amide bonds. The Hall–Kier alpha value is -2.43. The zero-order valence-electron chi connectivity index (χ0n) is 11.6. The largest absolute Gasteiger partial charge is 0.370 e.